The number of aliphatic hydroxyl groups excluding tert-OH is 2. The predicted molar refractivity (Wildman–Crippen MR) is 145 cm³/mol. The topological polar surface area (TPSA) is 148 Å². The zero-order valence-corrected chi connectivity index (χ0v) is 22.8. The van der Waals surface area contributed by atoms with Gasteiger partial charge in [-0.05, 0) is 48.9 Å². The molecule has 10 nitrogen and oxygen atoms in total. The van der Waals surface area contributed by atoms with Crippen LogP contribution in [-0.2, 0) is 40.3 Å². The number of primary amides is 1. The number of amides is 1. The minimum Gasteiger partial charge on any atom is -0.458 e. The Balaban J connectivity index is 0.000000250. The fourth-order valence-electron chi connectivity index (χ4n) is 5.88. The van der Waals surface area contributed by atoms with Crippen LogP contribution in [0.3, 0.4) is 0 Å². The molecule has 1 saturated heterocycles. The molecule has 5 heterocycles. The van der Waals surface area contributed by atoms with Crippen LogP contribution in [0, 0.1) is 12.7 Å². The Kier molecular flexibility index (Phi) is 7.47. The average molecular weight is 553 g/mol. The third-order valence-corrected chi connectivity index (χ3v) is 7.97. The summed E-state index contributed by atoms with van der Waals surface area (Å²) in [5.41, 5.74) is 10.8. The number of hydrogen-bond donors (Lipinski definition) is 3. The number of nitrogens with two attached hydrogens (primary N) is 1. The number of aromatic nitrogens is 2. The van der Waals surface area contributed by atoms with Crippen molar-refractivity contribution < 1.29 is 28.9 Å². The predicted octanol–water partition coefficient (Wildman–Crippen LogP) is 1.63. The molecule has 0 bridgehead atoms. The van der Waals surface area contributed by atoms with Gasteiger partial charge in [-0.15, -0.1) is 0 Å². The van der Waals surface area contributed by atoms with Crippen molar-refractivity contribution in [3.05, 3.63) is 61.7 Å². The number of pyridine rings is 2. The summed E-state index contributed by atoms with van der Waals surface area (Å²) in [6, 6.07) is 3.03. The number of β-amino-alcohol motifs (C(OH)–C–C–N with tert-alkyl or cyclic N) is 1. The molecule has 3 aliphatic heterocycles. The number of benzene rings is 1. The number of carbonyl (C=O) groups is 2. The third-order valence-electron chi connectivity index (χ3n) is 7.97. The molecule has 212 valence electrons. The minimum atomic E-state index is -1.48. The summed E-state index contributed by atoms with van der Waals surface area (Å²) in [4.78, 5) is 41.8. The number of fused-ring (bicyclic) bond motifs is 5. The molecule has 4 N–H and O–H groups in total. The Bertz CT molecular complexity index is 1600. The van der Waals surface area contributed by atoms with E-state index in [2.05, 4.69) is 0 Å². The summed E-state index contributed by atoms with van der Waals surface area (Å²) in [5.74, 6) is -1.32. The molecule has 1 aromatic carbocycles. The molecule has 1 aliphatic carbocycles. The number of rotatable bonds is 3. The van der Waals surface area contributed by atoms with Crippen LogP contribution >= 0.6 is 0 Å². The molecule has 2 aromatic heterocycles. The molecule has 1 amide bonds. The van der Waals surface area contributed by atoms with Crippen molar-refractivity contribution in [2.75, 3.05) is 19.7 Å². The number of ether oxygens (including phenoxy) is 1. The van der Waals surface area contributed by atoms with Crippen LogP contribution in [0.5, 0.6) is 0 Å². The maximum Gasteiger partial charge on any atom is 0.340 e. The normalized spacial score (nSPS) is 21.1. The lowest BCUT2D eigenvalue weighted by Crippen LogP contribution is -2.32. The molecule has 0 radical (unpaired) electrons. The number of aliphatic hydroxyl groups is 2. The van der Waals surface area contributed by atoms with Gasteiger partial charge in [0, 0.05) is 35.7 Å². The number of aryl methyl sites for hydroxylation is 2. The highest BCUT2D eigenvalue weighted by Gasteiger charge is 2.38. The number of cyclic esters (lactones) is 1. The first-order valence-electron chi connectivity index (χ1n) is 13.6. The second-order valence-electron chi connectivity index (χ2n) is 10.1. The zero-order valence-electron chi connectivity index (χ0n) is 22.8. The Hall–Kier alpha value is -3.67. The summed E-state index contributed by atoms with van der Waals surface area (Å²) in [7, 11) is 0. The van der Waals surface area contributed by atoms with Gasteiger partial charge < -0.3 is 25.3 Å². The van der Waals surface area contributed by atoms with Gasteiger partial charge in [-0.1, -0.05) is 13.8 Å². The summed E-state index contributed by atoms with van der Waals surface area (Å²) in [6.07, 6.45) is 1.12. The van der Waals surface area contributed by atoms with Crippen LogP contribution in [0.2, 0.25) is 0 Å². The summed E-state index contributed by atoms with van der Waals surface area (Å²) in [5, 5.41) is 19.6. The van der Waals surface area contributed by atoms with Gasteiger partial charge >= 0.3 is 5.97 Å². The van der Waals surface area contributed by atoms with Gasteiger partial charge in [-0.25, -0.2) is 14.2 Å². The van der Waals surface area contributed by atoms with Crippen molar-refractivity contribution in [2.24, 2.45) is 5.73 Å². The first-order chi connectivity index (χ1) is 19.2. The van der Waals surface area contributed by atoms with Crippen LogP contribution < -0.4 is 11.3 Å². The van der Waals surface area contributed by atoms with Crippen molar-refractivity contribution in [2.45, 2.75) is 65.3 Å². The number of esters is 1. The van der Waals surface area contributed by atoms with E-state index >= 15 is 0 Å². The highest BCUT2D eigenvalue weighted by Crippen LogP contribution is 2.42. The number of hydrogen-bond acceptors (Lipinski definition) is 8. The standard InChI is InChI=1S/C22H17FN2O4.C5H10N2O2.C2H6/c1-9-10-3-2-4-11-13-7-25-17(19(13)24-16(18(10)11)6-15(9)23)5-12-14(21(25)27)8-29-22(28)20(12)26;6-5(9)4-3-7(4)1-2-8;1-2/h5-6,20,26H,2-4,7-8H2,1H3;4,8H,1-3H2,(H2,6,9);1-2H3. The van der Waals surface area contributed by atoms with E-state index in [1.807, 2.05) is 18.7 Å². The van der Waals surface area contributed by atoms with Gasteiger partial charge in [0.2, 0.25) is 5.91 Å². The number of halogens is 1. The van der Waals surface area contributed by atoms with Crippen LogP contribution in [0.1, 0.15) is 59.8 Å². The summed E-state index contributed by atoms with van der Waals surface area (Å²) < 4.78 is 21.1. The van der Waals surface area contributed by atoms with Gasteiger partial charge in [-0.3, -0.25) is 14.5 Å². The second kappa shape index (κ2) is 10.7. The maximum absolute atomic E-state index is 14.5. The molecule has 7 rings (SSSR count). The van der Waals surface area contributed by atoms with Crippen LogP contribution in [-0.4, -0.2) is 62.3 Å². The monoisotopic (exact) mass is 552 g/mol. The molecular formula is C29H33FN4O6. The second-order valence-corrected chi connectivity index (χ2v) is 10.1. The van der Waals surface area contributed by atoms with E-state index in [-0.39, 0.29) is 42.1 Å². The van der Waals surface area contributed by atoms with Gasteiger partial charge in [0.25, 0.3) is 5.56 Å². The lowest BCUT2D eigenvalue weighted by molar-refractivity contribution is -0.157. The van der Waals surface area contributed by atoms with E-state index in [9.17, 15) is 23.9 Å². The molecule has 0 saturated carbocycles. The largest absolute Gasteiger partial charge is 0.458 e. The fourth-order valence-corrected chi connectivity index (χ4v) is 5.88. The minimum absolute atomic E-state index is 0.0999. The van der Waals surface area contributed by atoms with E-state index in [0.717, 1.165) is 47.9 Å². The SMILES string of the molecule is CC.Cc1c(F)cc2nc3c(c4c2c1CCC4)Cn1c-3cc2c(c1=O)COC(=O)C2O.NC(=O)C1CN1CCO. The smallest absolute Gasteiger partial charge is 0.340 e. The van der Waals surface area contributed by atoms with Gasteiger partial charge in [0.05, 0.1) is 35.6 Å². The Labute approximate surface area is 230 Å². The summed E-state index contributed by atoms with van der Waals surface area (Å²) in [6.45, 7) is 7.43. The van der Waals surface area contributed by atoms with E-state index < -0.39 is 12.1 Å². The molecule has 40 heavy (non-hydrogen) atoms. The lowest BCUT2D eigenvalue weighted by Gasteiger charge is -2.22. The van der Waals surface area contributed by atoms with Crippen molar-refractivity contribution in [3.63, 3.8) is 0 Å². The Morgan fingerprint density at radius 1 is 1.18 bits per heavy atom. The van der Waals surface area contributed by atoms with Crippen LogP contribution in [0.15, 0.2) is 16.9 Å². The van der Waals surface area contributed by atoms with Crippen LogP contribution in [0.4, 0.5) is 4.39 Å². The molecule has 3 aromatic rings. The van der Waals surface area contributed by atoms with Crippen molar-refractivity contribution >= 4 is 22.8 Å². The zero-order chi connectivity index (χ0) is 28.9. The molecule has 1 fully saturated rings. The quantitative estimate of drug-likeness (QED) is 0.257. The molecule has 0 spiro atoms. The fraction of sp³-hybridized carbons (Fsp3) is 0.448. The molecule has 4 aliphatic rings. The number of nitrogens with zero attached hydrogens (tertiary/aromatic N) is 3. The average Bonchev–Trinajstić information content (AvgIpc) is 3.64. The third kappa shape index (κ3) is 4.47. The van der Waals surface area contributed by atoms with E-state index in [1.54, 1.807) is 17.6 Å². The first kappa shape index (κ1) is 27.9. The Morgan fingerprint density at radius 2 is 1.90 bits per heavy atom. The summed E-state index contributed by atoms with van der Waals surface area (Å²) >= 11 is 0. The van der Waals surface area contributed by atoms with E-state index in [4.69, 9.17) is 20.6 Å². The molecule has 3 atom stereocenters. The molecular weight excluding hydrogens is 519 g/mol. The first-order valence-corrected chi connectivity index (χ1v) is 13.6. The van der Waals surface area contributed by atoms with Crippen molar-refractivity contribution in [3.8, 4) is 11.4 Å². The van der Waals surface area contributed by atoms with Crippen molar-refractivity contribution in [1.82, 2.24) is 14.5 Å². The number of carbonyl (C=O) groups excluding carboxylic acids is 2. The maximum atomic E-state index is 14.5. The van der Waals surface area contributed by atoms with Crippen LogP contribution in [0.25, 0.3) is 22.3 Å². The van der Waals surface area contributed by atoms with E-state index in [1.165, 1.54) is 6.07 Å². The van der Waals surface area contributed by atoms with Gasteiger partial charge in [0.15, 0.2) is 6.10 Å². The molecule has 11 heteroatoms. The highest BCUT2D eigenvalue weighted by molar-refractivity contribution is 5.92. The lowest BCUT2D eigenvalue weighted by atomic mass is 9.85. The van der Waals surface area contributed by atoms with Gasteiger partial charge in [0.1, 0.15) is 18.5 Å². The van der Waals surface area contributed by atoms with Gasteiger partial charge in [-0.2, -0.15) is 0 Å². The van der Waals surface area contributed by atoms with Crippen molar-refractivity contribution in [1.29, 1.82) is 0 Å². The van der Waals surface area contributed by atoms with E-state index in [0.29, 0.717) is 41.1 Å². The highest BCUT2D eigenvalue weighted by atomic mass is 19.1. The Morgan fingerprint density at radius 3 is 2.58 bits per heavy atom. The molecule has 3 unspecified atom stereocenters.